The second-order valence-electron chi connectivity index (χ2n) is 3.41. The fourth-order valence-corrected chi connectivity index (χ4v) is 1.84. The smallest absolute Gasteiger partial charge is 0.274 e. The number of hydrogen-bond acceptors (Lipinski definition) is 3. The van der Waals surface area contributed by atoms with E-state index in [1.54, 1.807) is 12.1 Å². The number of carbonyl (C=O) groups is 1. The van der Waals surface area contributed by atoms with Gasteiger partial charge in [-0.2, -0.15) is 0 Å². The number of amides is 1. The molecule has 1 amide bonds. The molecule has 0 aliphatic carbocycles. The van der Waals surface area contributed by atoms with Gasteiger partial charge in [0.25, 0.3) is 5.91 Å². The molecule has 1 aromatic heterocycles. The van der Waals surface area contributed by atoms with Crippen molar-refractivity contribution in [1.29, 1.82) is 0 Å². The van der Waals surface area contributed by atoms with Crippen molar-refractivity contribution in [3.05, 3.63) is 51.9 Å². The van der Waals surface area contributed by atoms with E-state index in [9.17, 15) is 4.79 Å². The molecule has 0 bridgehead atoms. The van der Waals surface area contributed by atoms with Crippen LogP contribution in [0.5, 0.6) is 0 Å². The molecule has 17 heavy (non-hydrogen) atoms. The molecule has 4 nitrogen and oxygen atoms in total. The molecule has 5 heteroatoms. The number of para-hydroxylation sites is 1. The number of halogens is 1. The van der Waals surface area contributed by atoms with E-state index in [0.29, 0.717) is 11.4 Å². The summed E-state index contributed by atoms with van der Waals surface area (Å²) in [5, 5.41) is 2.79. The Morgan fingerprint density at radius 2 is 2.06 bits per heavy atom. The Bertz CT molecular complexity index is 557. The van der Waals surface area contributed by atoms with Crippen molar-refractivity contribution in [2.75, 3.05) is 11.1 Å². The van der Waals surface area contributed by atoms with E-state index in [1.165, 1.54) is 6.20 Å². The van der Waals surface area contributed by atoms with Crippen LogP contribution in [-0.4, -0.2) is 10.9 Å². The zero-order valence-corrected chi connectivity index (χ0v) is 11.0. The molecular weight excluding hydrogens is 329 g/mol. The van der Waals surface area contributed by atoms with Gasteiger partial charge in [-0.15, -0.1) is 0 Å². The summed E-state index contributed by atoms with van der Waals surface area (Å²) in [5.74, 6) is -0.263. The molecule has 0 saturated heterocycles. The first-order valence-corrected chi connectivity index (χ1v) is 6.02. The monoisotopic (exact) mass is 339 g/mol. The Kier molecular flexibility index (Phi) is 3.58. The van der Waals surface area contributed by atoms with E-state index in [1.807, 2.05) is 24.3 Å². The third kappa shape index (κ3) is 2.94. The van der Waals surface area contributed by atoms with E-state index < -0.39 is 0 Å². The molecule has 0 radical (unpaired) electrons. The van der Waals surface area contributed by atoms with E-state index >= 15 is 0 Å². The second kappa shape index (κ2) is 5.13. The van der Waals surface area contributed by atoms with Gasteiger partial charge in [-0.05, 0) is 46.9 Å². The number of nitrogens with zero attached hydrogens (tertiary/aromatic N) is 1. The lowest BCUT2D eigenvalue weighted by atomic mass is 10.3. The quantitative estimate of drug-likeness (QED) is 0.827. The molecule has 86 valence electrons. The van der Waals surface area contributed by atoms with Crippen LogP contribution < -0.4 is 11.1 Å². The highest BCUT2D eigenvalue weighted by molar-refractivity contribution is 14.1. The molecule has 0 spiro atoms. The van der Waals surface area contributed by atoms with Gasteiger partial charge < -0.3 is 11.1 Å². The maximum absolute atomic E-state index is 11.9. The van der Waals surface area contributed by atoms with Crippen molar-refractivity contribution in [3.8, 4) is 0 Å². The van der Waals surface area contributed by atoms with Gasteiger partial charge in [0, 0.05) is 15.5 Å². The number of hydrogen-bond donors (Lipinski definition) is 2. The number of nitrogens with one attached hydrogen (secondary N) is 1. The Morgan fingerprint density at radius 3 is 2.76 bits per heavy atom. The second-order valence-corrected chi connectivity index (χ2v) is 4.57. The summed E-state index contributed by atoms with van der Waals surface area (Å²) in [4.78, 5) is 15.9. The highest BCUT2D eigenvalue weighted by atomic mass is 127. The average molecular weight is 339 g/mol. The summed E-state index contributed by atoms with van der Waals surface area (Å²) in [5.41, 5.74) is 7.20. The number of nitrogen functional groups attached to an aromatic ring is 1. The van der Waals surface area contributed by atoms with Crippen LogP contribution in [0, 0.1) is 3.57 Å². The number of rotatable bonds is 2. The fourth-order valence-electron chi connectivity index (χ4n) is 1.32. The molecule has 0 aliphatic rings. The van der Waals surface area contributed by atoms with E-state index in [4.69, 9.17) is 5.73 Å². The van der Waals surface area contributed by atoms with Crippen molar-refractivity contribution >= 4 is 39.9 Å². The van der Waals surface area contributed by atoms with E-state index in [2.05, 4.69) is 32.9 Å². The largest absolute Gasteiger partial charge is 0.399 e. The fraction of sp³-hybridized carbons (Fsp3) is 0. The first-order chi connectivity index (χ1) is 8.16. The van der Waals surface area contributed by atoms with Crippen LogP contribution >= 0.6 is 22.6 Å². The zero-order chi connectivity index (χ0) is 12.3. The molecule has 0 aliphatic heterocycles. The first-order valence-electron chi connectivity index (χ1n) is 4.94. The standard InChI is InChI=1S/C12H10IN3O/c13-9-3-1-2-4-10(9)16-12(17)11-7-8(14)5-6-15-11/h1-7H,(H2,14,15)(H,16,17). The van der Waals surface area contributed by atoms with Gasteiger partial charge in [-0.25, -0.2) is 0 Å². The number of anilines is 2. The molecule has 0 unspecified atom stereocenters. The summed E-state index contributed by atoms with van der Waals surface area (Å²) >= 11 is 2.16. The normalized spacial score (nSPS) is 9.94. The SMILES string of the molecule is Nc1ccnc(C(=O)Nc2ccccc2I)c1. The van der Waals surface area contributed by atoms with Crippen LogP contribution in [0.2, 0.25) is 0 Å². The predicted octanol–water partition coefficient (Wildman–Crippen LogP) is 2.52. The summed E-state index contributed by atoms with van der Waals surface area (Å²) in [6.07, 6.45) is 1.51. The lowest BCUT2D eigenvalue weighted by Gasteiger charge is -2.06. The van der Waals surface area contributed by atoms with Gasteiger partial charge in [0.05, 0.1) is 5.69 Å². The molecule has 2 aromatic rings. The van der Waals surface area contributed by atoms with Crippen LogP contribution in [0.4, 0.5) is 11.4 Å². The number of benzene rings is 1. The minimum Gasteiger partial charge on any atom is -0.399 e. The third-order valence-electron chi connectivity index (χ3n) is 2.14. The zero-order valence-electron chi connectivity index (χ0n) is 8.85. The maximum Gasteiger partial charge on any atom is 0.274 e. The topological polar surface area (TPSA) is 68.0 Å². The molecule has 0 atom stereocenters. The summed E-state index contributed by atoms with van der Waals surface area (Å²) in [7, 11) is 0. The van der Waals surface area contributed by atoms with Crippen molar-refractivity contribution in [1.82, 2.24) is 4.98 Å². The number of pyridine rings is 1. The van der Waals surface area contributed by atoms with Gasteiger partial charge in [0.1, 0.15) is 5.69 Å². The highest BCUT2D eigenvalue weighted by Gasteiger charge is 2.09. The van der Waals surface area contributed by atoms with Crippen LogP contribution in [0.3, 0.4) is 0 Å². The van der Waals surface area contributed by atoms with Crippen LogP contribution in [0.1, 0.15) is 10.5 Å². The maximum atomic E-state index is 11.9. The lowest BCUT2D eigenvalue weighted by molar-refractivity contribution is 0.102. The Morgan fingerprint density at radius 1 is 1.29 bits per heavy atom. The summed E-state index contributed by atoms with van der Waals surface area (Å²) in [6, 6.07) is 10.7. The van der Waals surface area contributed by atoms with Gasteiger partial charge in [0.2, 0.25) is 0 Å². The highest BCUT2D eigenvalue weighted by Crippen LogP contribution is 2.17. The molecule has 1 heterocycles. The summed E-state index contributed by atoms with van der Waals surface area (Å²) in [6.45, 7) is 0. The van der Waals surface area contributed by atoms with Crippen molar-refractivity contribution in [2.24, 2.45) is 0 Å². The van der Waals surface area contributed by atoms with Gasteiger partial charge in [-0.1, -0.05) is 12.1 Å². The average Bonchev–Trinajstić information content (AvgIpc) is 2.32. The molecular formula is C12H10IN3O. The summed E-state index contributed by atoms with van der Waals surface area (Å²) < 4.78 is 0.974. The minimum absolute atomic E-state index is 0.263. The predicted molar refractivity (Wildman–Crippen MR) is 75.8 cm³/mol. The van der Waals surface area contributed by atoms with Crippen LogP contribution in [-0.2, 0) is 0 Å². The molecule has 2 rings (SSSR count). The van der Waals surface area contributed by atoms with E-state index in [0.717, 1.165) is 9.26 Å². The Balaban J connectivity index is 2.20. The van der Waals surface area contributed by atoms with Crippen molar-refractivity contribution < 1.29 is 4.79 Å². The first kappa shape index (κ1) is 11.8. The number of aromatic nitrogens is 1. The van der Waals surface area contributed by atoms with Gasteiger partial charge in [-0.3, -0.25) is 9.78 Å². The third-order valence-corrected chi connectivity index (χ3v) is 3.08. The Labute approximate surface area is 112 Å². The lowest BCUT2D eigenvalue weighted by Crippen LogP contribution is -2.14. The minimum atomic E-state index is -0.263. The molecule has 1 aromatic carbocycles. The van der Waals surface area contributed by atoms with Gasteiger partial charge in [0.15, 0.2) is 0 Å². The van der Waals surface area contributed by atoms with Crippen LogP contribution in [0.25, 0.3) is 0 Å². The van der Waals surface area contributed by atoms with Crippen molar-refractivity contribution in [3.63, 3.8) is 0 Å². The Hall–Kier alpha value is -1.63. The van der Waals surface area contributed by atoms with Crippen molar-refractivity contribution in [2.45, 2.75) is 0 Å². The number of nitrogens with two attached hydrogens (primary N) is 1. The molecule has 3 N–H and O–H groups in total. The number of carbonyl (C=O) groups excluding carboxylic acids is 1. The molecule has 0 saturated carbocycles. The van der Waals surface area contributed by atoms with Gasteiger partial charge >= 0.3 is 0 Å². The van der Waals surface area contributed by atoms with Crippen LogP contribution in [0.15, 0.2) is 42.6 Å². The van der Waals surface area contributed by atoms with E-state index in [-0.39, 0.29) is 5.91 Å². The molecule has 0 fully saturated rings.